The van der Waals surface area contributed by atoms with E-state index in [2.05, 4.69) is 10.4 Å². The molecule has 132 valence electrons. The molecule has 1 amide bonds. The number of carbonyl (C=O) groups is 1. The van der Waals surface area contributed by atoms with Crippen LogP contribution >= 0.6 is 11.6 Å². The first kappa shape index (κ1) is 17.8. The van der Waals surface area contributed by atoms with Gasteiger partial charge < -0.3 is 5.32 Å². The molecular weight excluding hydrogens is 357 g/mol. The average molecular weight is 372 g/mol. The van der Waals surface area contributed by atoms with Crippen molar-refractivity contribution in [2.45, 2.75) is 13.1 Å². The highest BCUT2D eigenvalue weighted by Gasteiger charge is 2.10. The minimum Gasteiger partial charge on any atom is -0.350 e. The Morgan fingerprint density at radius 1 is 1.08 bits per heavy atom. The van der Waals surface area contributed by atoms with Gasteiger partial charge in [-0.3, -0.25) is 9.59 Å². The molecule has 0 aliphatic heterocycles. The molecule has 0 fully saturated rings. The summed E-state index contributed by atoms with van der Waals surface area (Å²) < 4.78 is 14.9. The lowest BCUT2D eigenvalue weighted by atomic mass is 10.1. The fourth-order valence-electron chi connectivity index (χ4n) is 2.40. The molecule has 1 N–H and O–H groups in total. The smallest absolute Gasteiger partial charge is 0.267 e. The van der Waals surface area contributed by atoms with Gasteiger partial charge >= 0.3 is 0 Å². The fraction of sp³-hybridized carbons (Fsp3) is 0.105. The molecule has 0 spiro atoms. The molecule has 0 aliphatic carbocycles. The number of amides is 1. The molecule has 0 bridgehead atoms. The van der Waals surface area contributed by atoms with Gasteiger partial charge in [0.25, 0.3) is 5.56 Å². The highest BCUT2D eigenvalue weighted by Crippen LogP contribution is 2.18. The van der Waals surface area contributed by atoms with E-state index in [0.29, 0.717) is 5.02 Å². The summed E-state index contributed by atoms with van der Waals surface area (Å²) in [5.41, 5.74) is 0.861. The Hall–Kier alpha value is -2.99. The first-order valence-electron chi connectivity index (χ1n) is 7.88. The summed E-state index contributed by atoms with van der Waals surface area (Å²) >= 11 is 6.04. The maximum Gasteiger partial charge on any atom is 0.267 e. The van der Waals surface area contributed by atoms with Gasteiger partial charge in [0.2, 0.25) is 5.91 Å². The van der Waals surface area contributed by atoms with Crippen LogP contribution in [0.4, 0.5) is 4.39 Å². The Morgan fingerprint density at radius 3 is 2.58 bits per heavy atom. The van der Waals surface area contributed by atoms with E-state index in [-0.39, 0.29) is 24.3 Å². The minimum atomic E-state index is -0.451. The predicted octanol–water partition coefficient (Wildman–Crippen LogP) is 3.02. The molecule has 2 aromatic carbocycles. The molecule has 26 heavy (non-hydrogen) atoms. The van der Waals surface area contributed by atoms with E-state index < -0.39 is 17.3 Å². The molecule has 0 unspecified atom stereocenters. The van der Waals surface area contributed by atoms with Crippen LogP contribution in [0.15, 0.2) is 65.5 Å². The summed E-state index contributed by atoms with van der Waals surface area (Å²) in [5.74, 6) is -0.849. The highest BCUT2D eigenvalue weighted by atomic mass is 35.5. The van der Waals surface area contributed by atoms with Crippen molar-refractivity contribution in [1.82, 2.24) is 15.1 Å². The van der Waals surface area contributed by atoms with Crippen molar-refractivity contribution in [3.8, 4) is 11.3 Å². The molecule has 0 saturated heterocycles. The maximum absolute atomic E-state index is 13.9. The molecule has 0 radical (unpaired) electrons. The van der Waals surface area contributed by atoms with E-state index in [1.165, 1.54) is 18.2 Å². The summed E-state index contributed by atoms with van der Waals surface area (Å²) in [7, 11) is 0. The minimum absolute atomic E-state index is 0.236. The monoisotopic (exact) mass is 371 g/mol. The Bertz CT molecular complexity index is 1000. The van der Waals surface area contributed by atoms with Gasteiger partial charge in [0.05, 0.1) is 5.69 Å². The van der Waals surface area contributed by atoms with Crippen molar-refractivity contribution in [3.05, 3.63) is 87.4 Å². The zero-order valence-electron chi connectivity index (χ0n) is 13.7. The number of aromatic nitrogens is 2. The lowest BCUT2D eigenvalue weighted by molar-refractivity contribution is -0.122. The lowest BCUT2D eigenvalue weighted by Gasteiger charge is -2.09. The van der Waals surface area contributed by atoms with Crippen molar-refractivity contribution < 1.29 is 9.18 Å². The predicted molar refractivity (Wildman–Crippen MR) is 97.2 cm³/mol. The first-order chi connectivity index (χ1) is 12.5. The van der Waals surface area contributed by atoms with Crippen molar-refractivity contribution in [2.75, 3.05) is 0 Å². The highest BCUT2D eigenvalue weighted by molar-refractivity contribution is 6.31. The van der Waals surface area contributed by atoms with Gasteiger partial charge in [0.15, 0.2) is 0 Å². The molecule has 5 nitrogen and oxygen atoms in total. The van der Waals surface area contributed by atoms with E-state index in [0.717, 1.165) is 10.2 Å². The van der Waals surface area contributed by atoms with Crippen LogP contribution in [0.1, 0.15) is 5.56 Å². The number of nitrogens with one attached hydrogen (secondary N) is 1. The van der Waals surface area contributed by atoms with Crippen LogP contribution in [0.25, 0.3) is 11.3 Å². The van der Waals surface area contributed by atoms with Crippen LogP contribution < -0.4 is 10.9 Å². The average Bonchev–Trinajstić information content (AvgIpc) is 2.63. The molecule has 1 aromatic heterocycles. The van der Waals surface area contributed by atoms with Gasteiger partial charge in [0, 0.05) is 23.2 Å². The van der Waals surface area contributed by atoms with Crippen LogP contribution in [0.5, 0.6) is 0 Å². The molecule has 0 saturated carbocycles. The zero-order valence-corrected chi connectivity index (χ0v) is 14.4. The number of benzene rings is 2. The number of hydrogen-bond donors (Lipinski definition) is 1. The van der Waals surface area contributed by atoms with Crippen LogP contribution in [0.3, 0.4) is 0 Å². The third kappa shape index (κ3) is 4.15. The van der Waals surface area contributed by atoms with Gasteiger partial charge in [-0.15, -0.1) is 0 Å². The number of halogens is 2. The van der Waals surface area contributed by atoms with Gasteiger partial charge in [-0.1, -0.05) is 41.9 Å². The third-order valence-corrected chi connectivity index (χ3v) is 4.11. The van der Waals surface area contributed by atoms with E-state index in [4.69, 9.17) is 11.6 Å². The first-order valence-corrected chi connectivity index (χ1v) is 8.25. The summed E-state index contributed by atoms with van der Waals surface area (Å²) in [6.45, 7) is -0.0359. The molecule has 3 rings (SSSR count). The van der Waals surface area contributed by atoms with E-state index >= 15 is 0 Å². The summed E-state index contributed by atoms with van der Waals surface area (Å²) in [5, 5.41) is 7.33. The van der Waals surface area contributed by atoms with Crippen LogP contribution in [0, 0.1) is 5.82 Å². The number of carbonyl (C=O) groups excluding carboxylic acids is 1. The van der Waals surface area contributed by atoms with Crippen LogP contribution in [0.2, 0.25) is 5.02 Å². The van der Waals surface area contributed by atoms with Gasteiger partial charge in [0.1, 0.15) is 12.4 Å². The second-order valence-electron chi connectivity index (χ2n) is 5.56. The van der Waals surface area contributed by atoms with E-state index in [9.17, 15) is 14.0 Å². The summed E-state index contributed by atoms with van der Waals surface area (Å²) in [6.07, 6.45) is 0. The van der Waals surface area contributed by atoms with Crippen molar-refractivity contribution in [2.24, 2.45) is 0 Å². The summed E-state index contributed by atoms with van der Waals surface area (Å²) in [6, 6.07) is 15.9. The second kappa shape index (κ2) is 7.93. The van der Waals surface area contributed by atoms with E-state index in [1.807, 2.05) is 6.07 Å². The SMILES string of the molecule is O=C(Cn1nc(-c2ccccc2F)ccc1=O)NCc1ccccc1Cl. The lowest BCUT2D eigenvalue weighted by Crippen LogP contribution is -2.33. The molecule has 0 atom stereocenters. The Morgan fingerprint density at radius 2 is 1.81 bits per heavy atom. The Labute approximate surface area is 154 Å². The number of rotatable bonds is 5. The maximum atomic E-state index is 13.9. The number of hydrogen-bond acceptors (Lipinski definition) is 3. The summed E-state index contributed by atoms with van der Waals surface area (Å²) in [4.78, 5) is 24.1. The van der Waals surface area contributed by atoms with Gasteiger partial charge in [-0.2, -0.15) is 5.10 Å². The van der Waals surface area contributed by atoms with Crippen LogP contribution in [-0.4, -0.2) is 15.7 Å². The standard InChI is InChI=1S/C19H15ClFN3O2/c20-15-7-3-1-5-13(15)11-22-18(25)12-24-19(26)10-9-17(23-24)14-6-2-4-8-16(14)21/h1-10H,11-12H2,(H,22,25). The number of nitrogens with zero attached hydrogens (tertiary/aromatic N) is 2. The molecule has 7 heteroatoms. The Balaban J connectivity index is 1.74. The van der Waals surface area contributed by atoms with E-state index in [1.54, 1.807) is 36.4 Å². The molecular formula is C19H15ClFN3O2. The van der Waals surface area contributed by atoms with Crippen molar-refractivity contribution in [3.63, 3.8) is 0 Å². The van der Waals surface area contributed by atoms with Gasteiger partial charge in [-0.05, 0) is 29.8 Å². The normalized spacial score (nSPS) is 10.5. The van der Waals surface area contributed by atoms with Crippen molar-refractivity contribution in [1.29, 1.82) is 0 Å². The fourth-order valence-corrected chi connectivity index (χ4v) is 2.60. The van der Waals surface area contributed by atoms with Crippen LogP contribution in [-0.2, 0) is 17.9 Å². The van der Waals surface area contributed by atoms with Crippen molar-refractivity contribution >= 4 is 17.5 Å². The zero-order chi connectivity index (χ0) is 18.5. The molecule has 1 heterocycles. The molecule has 0 aliphatic rings. The third-order valence-electron chi connectivity index (χ3n) is 3.74. The second-order valence-corrected chi connectivity index (χ2v) is 5.97. The molecule has 3 aromatic rings. The Kier molecular flexibility index (Phi) is 5.43. The quantitative estimate of drug-likeness (QED) is 0.749. The topological polar surface area (TPSA) is 64.0 Å². The largest absolute Gasteiger partial charge is 0.350 e. The van der Waals surface area contributed by atoms with Gasteiger partial charge in [-0.25, -0.2) is 9.07 Å².